The summed E-state index contributed by atoms with van der Waals surface area (Å²) in [5.74, 6) is 1.49. The highest BCUT2D eigenvalue weighted by atomic mass is 35.5. The third-order valence-corrected chi connectivity index (χ3v) is 2.96. The maximum Gasteiger partial charge on any atom is 0.243 e. The molecule has 3 rings (SSSR count). The SMILES string of the molecule is Cn1cnnc1CCNc1nc2ccc(Cl)cn2n1. The summed E-state index contributed by atoms with van der Waals surface area (Å²) in [6.07, 6.45) is 4.16. The number of nitrogens with one attached hydrogen (secondary N) is 1. The van der Waals surface area contributed by atoms with Crippen LogP contribution in [0.1, 0.15) is 5.82 Å². The Hall–Kier alpha value is -2.15. The van der Waals surface area contributed by atoms with E-state index in [2.05, 4.69) is 25.6 Å². The first kappa shape index (κ1) is 11.9. The molecule has 0 spiro atoms. The molecule has 7 nitrogen and oxygen atoms in total. The van der Waals surface area contributed by atoms with Crippen molar-refractivity contribution in [3.8, 4) is 0 Å². The minimum Gasteiger partial charge on any atom is -0.352 e. The molecule has 8 heteroatoms. The summed E-state index contributed by atoms with van der Waals surface area (Å²) in [6.45, 7) is 0.692. The van der Waals surface area contributed by atoms with E-state index >= 15 is 0 Å². The van der Waals surface area contributed by atoms with E-state index in [1.807, 2.05) is 17.7 Å². The average Bonchev–Trinajstić information content (AvgIpc) is 2.95. The van der Waals surface area contributed by atoms with Crippen molar-refractivity contribution in [1.82, 2.24) is 29.4 Å². The van der Waals surface area contributed by atoms with Crippen LogP contribution in [0, 0.1) is 0 Å². The van der Waals surface area contributed by atoms with Crippen LogP contribution in [0.4, 0.5) is 5.95 Å². The molecule has 0 saturated heterocycles. The molecule has 0 amide bonds. The van der Waals surface area contributed by atoms with Crippen molar-refractivity contribution in [3.63, 3.8) is 0 Å². The monoisotopic (exact) mass is 277 g/mol. The van der Waals surface area contributed by atoms with Gasteiger partial charge >= 0.3 is 0 Å². The van der Waals surface area contributed by atoms with Crippen molar-refractivity contribution in [3.05, 3.63) is 35.5 Å². The topological polar surface area (TPSA) is 72.9 Å². The summed E-state index contributed by atoms with van der Waals surface area (Å²) in [5, 5.41) is 15.9. The standard InChI is InChI=1S/C11H12ClN7/c1-18-7-14-16-10(18)4-5-13-11-15-9-3-2-8(12)6-19(9)17-11/h2-3,6-7H,4-5H2,1H3,(H,13,17). The molecule has 0 aliphatic rings. The van der Waals surface area contributed by atoms with Gasteiger partial charge in [-0.15, -0.1) is 15.3 Å². The molecule has 3 heterocycles. The first-order valence-corrected chi connectivity index (χ1v) is 6.19. The summed E-state index contributed by atoms with van der Waals surface area (Å²) >= 11 is 5.89. The van der Waals surface area contributed by atoms with Crippen LogP contribution in [-0.4, -0.2) is 35.9 Å². The zero-order valence-electron chi connectivity index (χ0n) is 10.3. The van der Waals surface area contributed by atoms with Gasteiger partial charge in [-0.2, -0.15) is 4.98 Å². The average molecular weight is 278 g/mol. The molecule has 98 valence electrons. The Bertz CT molecular complexity index is 702. The minimum atomic E-state index is 0.574. The second-order valence-corrected chi connectivity index (χ2v) is 4.56. The van der Waals surface area contributed by atoms with Gasteiger partial charge in [0.25, 0.3) is 0 Å². The Morgan fingerprint density at radius 2 is 2.26 bits per heavy atom. The van der Waals surface area contributed by atoms with Crippen LogP contribution in [0.2, 0.25) is 5.02 Å². The van der Waals surface area contributed by atoms with E-state index in [0.29, 0.717) is 17.5 Å². The summed E-state index contributed by atoms with van der Waals surface area (Å²) in [4.78, 5) is 4.33. The van der Waals surface area contributed by atoms with Crippen molar-refractivity contribution in [1.29, 1.82) is 0 Å². The molecular weight excluding hydrogens is 266 g/mol. The summed E-state index contributed by atoms with van der Waals surface area (Å²) < 4.78 is 3.53. The lowest BCUT2D eigenvalue weighted by Gasteiger charge is -2.00. The fourth-order valence-corrected chi connectivity index (χ4v) is 1.91. The van der Waals surface area contributed by atoms with E-state index < -0.39 is 0 Å². The number of pyridine rings is 1. The van der Waals surface area contributed by atoms with Crippen LogP contribution < -0.4 is 5.32 Å². The molecule has 0 fully saturated rings. The van der Waals surface area contributed by atoms with Gasteiger partial charge in [-0.3, -0.25) is 0 Å². The van der Waals surface area contributed by atoms with Crippen molar-refractivity contribution in [2.45, 2.75) is 6.42 Å². The van der Waals surface area contributed by atoms with Gasteiger partial charge in [0.1, 0.15) is 12.2 Å². The lowest BCUT2D eigenvalue weighted by atomic mass is 10.4. The smallest absolute Gasteiger partial charge is 0.243 e. The van der Waals surface area contributed by atoms with Crippen LogP contribution in [0.3, 0.4) is 0 Å². The number of hydrogen-bond acceptors (Lipinski definition) is 5. The van der Waals surface area contributed by atoms with Crippen molar-refractivity contribution >= 4 is 23.2 Å². The zero-order valence-corrected chi connectivity index (χ0v) is 11.0. The number of aryl methyl sites for hydroxylation is 1. The quantitative estimate of drug-likeness (QED) is 0.775. The van der Waals surface area contributed by atoms with E-state index in [1.165, 1.54) is 0 Å². The molecule has 1 N–H and O–H groups in total. The third-order valence-electron chi connectivity index (χ3n) is 2.73. The molecule has 3 aromatic rings. The van der Waals surface area contributed by atoms with E-state index in [0.717, 1.165) is 17.9 Å². The maximum atomic E-state index is 5.89. The van der Waals surface area contributed by atoms with Gasteiger partial charge in [0, 0.05) is 26.2 Å². The molecule has 0 aliphatic carbocycles. The Morgan fingerprint density at radius 3 is 3.05 bits per heavy atom. The number of anilines is 1. The molecule has 3 aromatic heterocycles. The molecule has 0 aromatic carbocycles. The molecule has 0 bridgehead atoms. The van der Waals surface area contributed by atoms with Gasteiger partial charge in [-0.05, 0) is 12.1 Å². The first-order valence-electron chi connectivity index (χ1n) is 5.81. The summed E-state index contributed by atoms with van der Waals surface area (Å²) in [7, 11) is 1.92. The Labute approximate surface area is 114 Å². The fraction of sp³-hybridized carbons (Fsp3) is 0.273. The highest BCUT2D eigenvalue weighted by Crippen LogP contribution is 2.11. The van der Waals surface area contributed by atoms with Crippen LogP contribution in [0.15, 0.2) is 24.7 Å². The molecule has 0 radical (unpaired) electrons. The number of aromatic nitrogens is 6. The second-order valence-electron chi connectivity index (χ2n) is 4.12. The van der Waals surface area contributed by atoms with Crippen molar-refractivity contribution in [2.75, 3.05) is 11.9 Å². The zero-order chi connectivity index (χ0) is 13.2. The van der Waals surface area contributed by atoms with E-state index in [-0.39, 0.29) is 0 Å². The van der Waals surface area contributed by atoms with Crippen LogP contribution in [-0.2, 0) is 13.5 Å². The number of hydrogen-bond donors (Lipinski definition) is 1. The lowest BCUT2D eigenvalue weighted by molar-refractivity contribution is 0.785. The molecule has 0 aliphatic heterocycles. The van der Waals surface area contributed by atoms with Gasteiger partial charge in [-0.25, -0.2) is 4.52 Å². The molecule has 19 heavy (non-hydrogen) atoms. The third kappa shape index (κ3) is 2.50. The minimum absolute atomic E-state index is 0.574. The Balaban J connectivity index is 1.67. The van der Waals surface area contributed by atoms with Crippen LogP contribution in [0.25, 0.3) is 5.65 Å². The van der Waals surface area contributed by atoms with E-state index in [4.69, 9.17) is 11.6 Å². The Morgan fingerprint density at radius 1 is 1.37 bits per heavy atom. The maximum absolute atomic E-state index is 5.89. The second kappa shape index (κ2) is 4.85. The highest BCUT2D eigenvalue weighted by Gasteiger charge is 2.04. The number of nitrogens with zero attached hydrogens (tertiary/aromatic N) is 6. The van der Waals surface area contributed by atoms with Crippen molar-refractivity contribution < 1.29 is 0 Å². The van der Waals surface area contributed by atoms with Gasteiger partial charge in [0.05, 0.1) is 5.02 Å². The fourth-order valence-electron chi connectivity index (χ4n) is 1.75. The Kier molecular flexibility index (Phi) is 3.04. The predicted octanol–water partition coefficient (Wildman–Crippen LogP) is 1.17. The number of halogens is 1. The lowest BCUT2D eigenvalue weighted by Crippen LogP contribution is -2.09. The van der Waals surface area contributed by atoms with Crippen molar-refractivity contribution in [2.24, 2.45) is 7.05 Å². The number of fused-ring (bicyclic) bond motifs is 1. The van der Waals surface area contributed by atoms with Crippen LogP contribution >= 0.6 is 11.6 Å². The van der Waals surface area contributed by atoms with Crippen LogP contribution in [0.5, 0.6) is 0 Å². The van der Waals surface area contributed by atoms with E-state index in [9.17, 15) is 0 Å². The first-order chi connectivity index (χ1) is 9.22. The van der Waals surface area contributed by atoms with Gasteiger partial charge in [-0.1, -0.05) is 11.6 Å². The van der Waals surface area contributed by atoms with Gasteiger partial charge in [0.15, 0.2) is 5.65 Å². The van der Waals surface area contributed by atoms with E-state index in [1.54, 1.807) is 23.1 Å². The van der Waals surface area contributed by atoms with Gasteiger partial charge < -0.3 is 9.88 Å². The largest absolute Gasteiger partial charge is 0.352 e. The normalized spacial score (nSPS) is 11.1. The molecule has 0 saturated carbocycles. The number of rotatable bonds is 4. The summed E-state index contributed by atoms with van der Waals surface area (Å²) in [5.41, 5.74) is 0.755. The molecule has 0 atom stereocenters. The molecular formula is C11H12ClN7. The highest BCUT2D eigenvalue weighted by molar-refractivity contribution is 6.30. The van der Waals surface area contributed by atoms with Gasteiger partial charge in [0.2, 0.25) is 5.95 Å². The molecule has 0 unspecified atom stereocenters. The summed E-state index contributed by atoms with van der Waals surface area (Å²) in [6, 6.07) is 3.61. The predicted molar refractivity (Wildman–Crippen MR) is 71.2 cm³/mol.